The van der Waals surface area contributed by atoms with Gasteiger partial charge in [-0.05, 0) is 36.8 Å². The molecule has 98 valence electrons. The highest BCUT2D eigenvalue weighted by Gasteiger charge is 2.08. The Hall–Kier alpha value is -1.78. The van der Waals surface area contributed by atoms with Crippen molar-refractivity contribution in [1.29, 1.82) is 0 Å². The Bertz CT molecular complexity index is 645. The number of rotatable bonds is 3. The normalized spacial score (nSPS) is 10.3. The van der Waals surface area contributed by atoms with E-state index in [0.29, 0.717) is 16.5 Å². The Morgan fingerprint density at radius 1 is 1.26 bits per heavy atom. The van der Waals surface area contributed by atoms with Crippen molar-refractivity contribution >= 4 is 40.7 Å². The molecule has 0 unspecified atom stereocenters. The smallest absolute Gasteiger partial charge is 0.335 e. The van der Waals surface area contributed by atoms with Crippen LogP contribution in [0.25, 0.3) is 0 Å². The monoisotopic (exact) mass is 296 g/mol. The van der Waals surface area contributed by atoms with Crippen LogP contribution in [-0.4, -0.2) is 16.1 Å². The molecule has 0 spiro atoms. The van der Waals surface area contributed by atoms with Gasteiger partial charge in [-0.1, -0.05) is 29.3 Å². The standard InChI is InChI=1S/C13H10Cl2N2O2/c1-7-2-3-9(6-10(7)14)16-12-5-8(13(18)19)4-11(15)17-12/h2-6H,1H3,(H,16,17)(H,18,19). The van der Waals surface area contributed by atoms with Gasteiger partial charge in [-0.15, -0.1) is 0 Å². The maximum atomic E-state index is 10.9. The molecular weight excluding hydrogens is 287 g/mol. The molecule has 1 heterocycles. The lowest BCUT2D eigenvalue weighted by Gasteiger charge is -2.08. The highest BCUT2D eigenvalue weighted by Crippen LogP contribution is 2.23. The molecule has 2 rings (SSSR count). The van der Waals surface area contributed by atoms with Gasteiger partial charge < -0.3 is 10.4 Å². The first kappa shape index (κ1) is 13.6. The van der Waals surface area contributed by atoms with Gasteiger partial charge in [-0.25, -0.2) is 9.78 Å². The Kier molecular flexibility index (Phi) is 3.93. The van der Waals surface area contributed by atoms with Crippen LogP contribution in [0.3, 0.4) is 0 Å². The second kappa shape index (κ2) is 5.47. The summed E-state index contributed by atoms with van der Waals surface area (Å²) in [5.41, 5.74) is 1.74. The van der Waals surface area contributed by atoms with Gasteiger partial charge in [0.2, 0.25) is 0 Å². The minimum absolute atomic E-state index is 0.0701. The third kappa shape index (κ3) is 3.36. The van der Waals surface area contributed by atoms with Crippen molar-refractivity contribution in [3.05, 3.63) is 51.6 Å². The average molecular weight is 297 g/mol. The van der Waals surface area contributed by atoms with Gasteiger partial charge in [-0.3, -0.25) is 0 Å². The van der Waals surface area contributed by atoms with E-state index in [-0.39, 0.29) is 10.7 Å². The molecule has 0 saturated heterocycles. The Morgan fingerprint density at radius 3 is 2.63 bits per heavy atom. The predicted octanol–water partition coefficient (Wildman–Crippen LogP) is 4.14. The van der Waals surface area contributed by atoms with Gasteiger partial charge in [0.25, 0.3) is 0 Å². The first-order valence-corrected chi connectivity index (χ1v) is 6.15. The van der Waals surface area contributed by atoms with Crippen molar-refractivity contribution in [3.63, 3.8) is 0 Å². The van der Waals surface area contributed by atoms with Crippen molar-refractivity contribution in [3.8, 4) is 0 Å². The van der Waals surface area contributed by atoms with Crippen LogP contribution in [0.2, 0.25) is 10.2 Å². The fourth-order valence-electron chi connectivity index (χ4n) is 1.50. The van der Waals surface area contributed by atoms with Gasteiger partial charge in [0.15, 0.2) is 0 Å². The van der Waals surface area contributed by atoms with Gasteiger partial charge in [0.05, 0.1) is 5.56 Å². The first-order valence-electron chi connectivity index (χ1n) is 5.40. The van der Waals surface area contributed by atoms with Crippen molar-refractivity contribution in [2.45, 2.75) is 6.92 Å². The van der Waals surface area contributed by atoms with Crippen LogP contribution in [0.5, 0.6) is 0 Å². The Morgan fingerprint density at radius 2 is 2.00 bits per heavy atom. The molecule has 0 aliphatic rings. The SMILES string of the molecule is Cc1ccc(Nc2cc(C(=O)O)cc(Cl)n2)cc1Cl. The number of anilines is 2. The number of benzene rings is 1. The van der Waals surface area contributed by atoms with Crippen LogP contribution >= 0.6 is 23.2 Å². The van der Waals surface area contributed by atoms with Gasteiger partial charge >= 0.3 is 5.97 Å². The molecule has 0 aliphatic heterocycles. The number of aromatic carboxylic acids is 1. The number of hydrogen-bond donors (Lipinski definition) is 2. The van der Waals surface area contributed by atoms with Crippen molar-refractivity contribution in [1.82, 2.24) is 4.98 Å². The van der Waals surface area contributed by atoms with Crippen molar-refractivity contribution in [2.75, 3.05) is 5.32 Å². The zero-order chi connectivity index (χ0) is 14.0. The molecule has 2 aromatic rings. The number of carboxylic acid groups (broad SMARTS) is 1. The molecule has 0 fully saturated rings. The Labute approximate surface area is 120 Å². The largest absolute Gasteiger partial charge is 0.478 e. The summed E-state index contributed by atoms with van der Waals surface area (Å²) in [6, 6.07) is 8.11. The fraction of sp³-hybridized carbons (Fsp3) is 0.0769. The number of aromatic nitrogens is 1. The van der Waals surface area contributed by atoms with Crippen LogP contribution in [0, 0.1) is 6.92 Å². The lowest BCUT2D eigenvalue weighted by atomic mass is 10.2. The fourth-order valence-corrected chi connectivity index (χ4v) is 1.89. The number of hydrogen-bond acceptors (Lipinski definition) is 3. The summed E-state index contributed by atoms with van der Waals surface area (Å²) in [5, 5.41) is 12.6. The van der Waals surface area contributed by atoms with Crippen LogP contribution in [0.4, 0.5) is 11.5 Å². The molecule has 0 aliphatic carbocycles. The molecule has 0 radical (unpaired) electrons. The summed E-state index contributed by atoms with van der Waals surface area (Å²) in [4.78, 5) is 14.9. The average Bonchev–Trinajstić information content (AvgIpc) is 2.33. The number of nitrogens with zero attached hydrogens (tertiary/aromatic N) is 1. The van der Waals surface area contributed by atoms with Gasteiger partial charge in [-0.2, -0.15) is 0 Å². The van der Waals surface area contributed by atoms with E-state index in [4.69, 9.17) is 28.3 Å². The summed E-state index contributed by atoms with van der Waals surface area (Å²) in [7, 11) is 0. The quantitative estimate of drug-likeness (QED) is 0.836. The first-order chi connectivity index (χ1) is 8.95. The van der Waals surface area contributed by atoms with Gasteiger partial charge in [0.1, 0.15) is 11.0 Å². The minimum atomic E-state index is -1.06. The van der Waals surface area contributed by atoms with E-state index in [1.165, 1.54) is 12.1 Å². The minimum Gasteiger partial charge on any atom is -0.478 e. The molecule has 1 aromatic heterocycles. The maximum Gasteiger partial charge on any atom is 0.335 e. The number of aryl methyl sites for hydroxylation is 1. The molecule has 0 saturated carbocycles. The van der Waals surface area contributed by atoms with Crippen molar-refractivity contribution in [2.24, 2.45) is 0 Å². The van der Waals surface area contributed by atoms with E-state index >= 15 is 0 Å². The van der Waals surface area contributed by atoms with Crippen LogP contribution < -0.4 is 5.32 Å². The molecule has 6 heteroatoms. The highest BCUT2D eigenvalue weighted by atomic mass is 35.5. The van der Waals surface area contributed by atoms with E-state index in [0.717, 1.165) is 5.56 Å². The number of pyridine rings is 1. The summed E-state index contributed by atoms with van der Waals surface area (Å²) in [6.07, 6.45) is 0. The van der Waals surface area contributed by atoms with E-state index < -0.39 is 5.97 Å². The summed E-state index contributed by atoms with van der Waals surface area (Å²) in [5.74, 6) is -0.709. The summed E-state index contributed by atoms with van der Waals surface area (Å²) in [6.45, 7) is 1.90. The number of nitrogens with one attached hydrogen (secondary N) is 1. The third-order valence-electron chi connectivity index (χ3n) is 2.49. The number of halogens is 2. The predicted molar refractivity (Wildman–Crippen MR) is 75.7 cm³/mol. The maximum absolute atomic E-state index is 10.9. The summed E-state index contributed by atoms with van der Waals surface area (Å²) < 4.78 is 0. The second-order valence-corrected chi connectivity index (χ2v) is 4.75. The Balaban J connectivity index is 2.32. The molecule has 19 heavy (non-hydrogen) atoms. The number of carboxylic acids is 1. The van der Waals surface area contributed by atoms with Gasteiger partial charge in [0, 0.05) is 10.7 Å². The highest BCUT2D eigenvalue weighted by molar-refractivity contribution is 6.31. The van der Waals surface area contributed by atoms with Crippen LogP contribution in [0.15, 0.2) is 30.3 Å². The van der Waals surface area contributed by atoms with E-state index in [2.05, 4.69) is 10.3 Å². The van der Waals surface area contributed by atoms with Crippen LogP contribution in [-0.2, 0) is 0 Å². The zero-order valence-corrected chi connectivity index (χ0v) is 11.5. The van der Waals surface area contributed by atoms with E-state index in [1.54, 1.807) is 6.07 Å². The van der Waals surface area contributed by atoms with E-state index in [9.17, 15) is 4.79 Å². The molecule has 4 nitrogen and oxygen atoms in total. The molecule has 0 bridgehead atoms. The molecule has 2 N–H and O–H groups in total. The van der Waals surface area contributed by atoms with Crippen LogP contribution in [0.1, 0.15) is 15.9 Å². The summed E-state index contributed by atoms with van der Waals surface area (Å²) >= 11 is 11.8. The molecule has 1 aromatic carbocycles. The second-order valence-electron chi connectivity index (χ2n) is 3.96. The number of carbonyl (C=O) groups is 1. The third-order valence-corrected chi connectivity index (χ3v) is 3.09. The molecule has 0 amide bonds. The molecule has 0 atom stereocenters. The van der Waals surface area contributed by atoms with Crippen molar-refractivity contribution < 1.29 is 9.90 Å². The topological polar surface area (TPSA) is 62.2 Å². The zero-order valence-electron chi connectivity index (χ0n) is 9.95. The lowest BCUT2D eigenvalue weighted by Crippen LogP contribution is -2.00. The lowest BCUT2D eigenvalue weighted by molar-refractivity contribution is 0.0697. The van der Waals surface area contributed by atoms with E-state index in [1.807, 2.05) is 19.1 Å². The molecular formula is C13H10Cl2N2O2.